The molecule has 0 bridgehead atoms. The lowest BCUT2D eigenvalue weighted by molar-refractivity contribution is -0.963. The molecular formula is C8H15N4O+. The van der Waals surface area contributed by atoms with E-state index in [1.54, 1.807) is 0 Å². The zero-order valence-electron chi connectivity index (χ0n) is 7.70. The summed E-state index contributed by atoms with van der Waals surface area (Å²) in [5, 5.41) is 0. The van der Waals surface area contributed by atoms with E-state index in [0.29, 0.717) is 0 Å². The van der Waals surface area contributed by atoms with Crippen molar-refractivity contribution in [3.63, 3.8) is 0 Å². The van der Waals surface area contributed by atoms with Gasteiger partial charge >= 0.3 is 0 Å². The van der Waals surface area contributed by atoms with Gasteiger partial charge in [-0.2, -0.15) is 10.0 Å². The number of morpholine rings is 1. The minimum absolute atomic E-state index is 0.869. The van der Waals surface area contributed by atoms with Crippen molar-refractivity contribution in [3.8, 4) is 0 Å². The summed E-state index contributed by atoms with van der Waals surface area (Å²) in [6.07, 6.45) is 0. The monoisotopic (exact) mass is 183 g/mol. The van der Waals surface area contributed by atoms with Crippen LogP contribution in [0.2, 0.25) is 0 Å². The van der Waals surface area contributed by atoms with E-state index >= 15 is 0 Å². The Kier molecular flexibility index (Phi) is 1.51. The lowest BCUT2D eigenvalue weighted by Gasteiger charge is -2.35. The van der Waals surface area contributed by atoms with E-state index in [-0.39, 0.29) is 0 Å². The molecule has 0 aromatic carbocycles. The maximum Gasteiger partial charge on any atom is 0.245 e. The molecule has 3 aliphatic rings. The normalized spacial score (nSPS) is 30.2. The van der Waals surface area contributed by atoms with Crippen molar-refractivity contribution in [1.82, 2.24) is 10.3 Å². The Morgan fingerprint density at radius 3 is 3.00 bits per heavy atom. The Balaban J connectivity index is 1.79. The van der Waals surface area contributed by atoms with Gasteiger partial charge in [-0.1, -0.05) is 0 Å². The molecule has 0 unspecified atom stereocenters. The summed E-state index contributed by atoms with van der Waals surface area (Å²) in [4.78, 5) is 6.76. The van der Waals surface area contributed by atoms with Gasteiger partial charge in [-0.05, 0) is 0 Å². The van der Waals surface area contributed by atoms with E-state index < -0.39 is 0 Å². The van der Waals surface area contributed by atoms with Crippen LogP contribution in [0.4, 0.5) is 0 Å². The standard InChI is InChI=1S/C8H15N4O/c1-2-11-7-12(10-8(11)9-1)3-5-13-6-4-12/h1-7H2,(H,9,10)/q+1. The number of hydrogen-bond acceptors (Lipinski definition) is 4. The Morgan fingerprint density at radius 2 is 2.23 bits per heavy atom. The van der Waals surface area contributed by atoms with Gasteiger partial charge in [0.1, 0.15) is 13.1 Å². The fourth-order valence-electron chi connectivity index (χ4n) is 2.25. The number of hydrogen-bond donors (Lipinski definition) is 1. The number of aliphatic imine (C=N–C) groups is 1. The molecule has 5 nitrogen and oxygen atoms in total. The zero-order chi connectivity index (χ0) is 8.73. The Bertz CT molecular complexity index is 247. The van der Waals surface area contributed by atoms with Gasteiger partial charge in [0.15, 0.2) is 6.67 Å². The maximum atomic E-state index is 5.36. The molecule has 0 aromatic heterocycles. The molecule has 1 spiro atoms. The van der Waals surface area contributed by atoms with Crippen molar-refractivity contribution in [1.29, 1.82) is 0 Å². The molecule has 1 N–H and O–H groups in total. The predicted molar refractivity (Wildman–Crippen MR) is 47.8 cm³/mol. The molecule has 0 aliphatic carbocycles. The summed E-state index contributed by atoms with van der Waals surface area (Å²) in [5.74, 6) is 1.10. The lowest BCUT2D eigenvalue weighted by atomic mass is 10.4. The van der Waals surface area contributed by atoms with Crippen molar-refractivity contribution in [2.24, 2.45) is 4.99 Å². The minimum atomic E-state index is 0.869. The predicted octanol–water partition coefficient (Wildman–Crippen LogP) is -1.02. The average molecular weight is 183 g/mol. The minimum Gasteiger partial charge on any atom is -0.370 e. The summed E-state index contributed by atoms with van der Waals surface area (Å²) in [6.45, 7) is 6.98. The molecule has 3 heterocycles. The molecule has 3 rings (SSSR count). The highest BCUT2D eigenvalue weighted by Gasteiger charge is 2.43. The number of nitrogens with zero attached hydrogens (tertiary/aromatic N) is 3. The van der Waals surface area contributed by atoms with Crippen LogP contribution in [0.15, 0.2) is 4.99 Å². The summed E-state index contributed by atoms with van der Waals surface area (Å²) in [7, 11) is 0. The molecule has 0 aromatic rings. The first kappa shape index (κ1) is 7.58. The Morgan fingerprint density at radius 1 is 1.38 bits per heavy atom. The quantitative estimate of drug-likeness (QED) is 0.488. The van der Waals surface area contributed by atoms with Gasteiger partial charge in [0.05, 0.1) is 19.8 Å². The molecule has 0 saturated carbocycles. The van der Waals surface area contributed by atoms with Gasteiger partial charge in [0, 0.05) is 6.54 Å². The van der Waals surface area contributed by atoms with E-state index in [1.807, 2.05) is 0 Å². The third-order valence-corrected chi connectivity index (χ3v) is 3.04. The van der Waals surface area contributed by atoms with Gasteiger partial charge in [-0.25, -0.2) is 4.99 Å². The average Bonchev–Trinajstić information content (AvgIpc) is 2.64. The topological polar surface area (TPSA) is 36.9 Å². The number of guanidine groups is 1. The molecular weight excluding hydrogens is 168 g/mol. The first-order valence-corrected chi connectivity index (χ1v) is 4.90. The van der Waals surface area contributed by atoms with Crippen molar-refractivity contribution in [3.05, 3.63) is 0 Å². The second-order valence-corrected chi connectivity index (χ2v) is 3.93. The molecule has 0 radical (unpaired) electrons. The van der Waals surface area contributed by atoms with Crippen LogP contribution in [-0.4, -0.2) is 61.5 Å². The number of quaternary nitrogens is 1. The first-order valence-electron chi connectivity index (χ1n) is 4.90. The fourth-order valence-corrected chi connectivity index (χ4v) is 2.25. The van der Waals surface area contributed by atoms with Crippen LogP contribution < -0.4 is 5.43 Å². The second-order valence-electron chi connectivity index (χ2n) is 3.93. The molecule has 13 heavy (non-hydrogen) atoms. The smallest absolute Gasteiger partial charge is 0.245 e. The van der Waals surface area contributed by atoms with Crippen LogP contribution >= 0.6 is 0 Å². The van der Waals surface area contributed by atoms with Crippen molar-refractivity contribution >= 4 is 5.96 Å². The van der Waals surface area contributed by atoms with Crippen molar-refractivity contribution < 1.29 is 9.33 Å². The van der Waals surface area contributed by atoms with E-state index in [2.05, 4.69) is 15.3 Å². The number of nitrogens with one attached hydrogen (secondary N) is 1. The zero-order valence-corrected chi connectivity index (χ0v) is 7.70. The molecule has 72 valence electrons. The number of rotatable bonds is 0. The summed E-state index contributed by atoms with van der Waals surface area (Å²) in [5.41, 5.74) is 3.50. The summed E-state index contributed by atoms with van der Waals surface area (Å²) < 4.78 is 6.32. The van der Waals surface area contributed by atoms with Crippen LogP contribution in [0.3, 0.4) is 0 Å². The molecule has 2 saturated heterocycles. The Labute approximate surface area is 77.5 Å². The van der Waals surface area contributed by atoms with Gasteiger partial charge in [0.2, 0.25) is 5.96 Å². The number of ether oxygens (including phenoxy) is 1. The third-order valence-electron chi connectivity index (χ3n) is 3.04. The molecule has 2 fully saturated rings. The van der Waals surface area contributed by atoms with Crippen LogP contribution in [0.5, 0.6) is 0 Å². The number of fused-ring (bicyclic) bond motifs is 1. The highest BCUT2D eigenvalue weighted by Crippen LogP contribution is 2.18. The highest BCUT2D eigenvalue weighted by atomic mass is 16.5. The van der Waals surface area contributed by atoms with E-state index in [4.69, 9.17) is 4.74 Å². The second kappa shape index (κ2) is 2.59. The van der Waals surface area contributed by atoms with Crippen molar-refractivity contribution in [2.75, 3.05) is 46.1 Å². The molecule has 5 heteroatoms. The first-order chi connectivity index (χ1) is 6.38. The van der Waals surface area contributed by atoms with Gasteiger partial charge in [0.25, 0.3) is 0 Å². The SMILES string of the molecule is C1CN2C[N+]3(CCOCC3)NC2=N1. The summed E-state index contributed by atoms with van der Waals surface area (Å²) in [6, 6.07) is 0. The summed E-state index contributed by atoms with van der Waals surface area (Å²) >= 11 is 0. The van der Waals surface area contributed by atoms with Gasteiger partial charge < -0.3 is 4.74 Å². The third kappa shape index (κ3) is 1.11. The molecule has 3 aliphatic heterocycles. The van der Waals surface area contributed by atoms with Gasteiger partial charge in [-0.3, -0.25) is 4.90 Å². The largest absolute Gasteiger partial charge is 0.370 e. The fraction of sp³-hybridized carbons (Fsp3) is 0.875. The molecule has 0 atom stereocenters. The maximum absolute atomic E-state index is 5.36. The van der Waals surface area contributed by atoms with Crippen LogP contribution in [0, 0.1) is 0 Å². The van der Waals surface area contributed by atoms with Crippen LogP contribution in [-0.2, 0) is 4.74 Å². The highest BCUT2D eigenvalue weighted by molar-refractivity contribution is 5.81. The molecule has 0 amide bonds. The lowest BCUT2D eigenvalue weighted by Crippen LogP contribution is -2.60. The Hall–Kier alpha value is -0.810. The van der Waals surface area contributed by atoms with E-state index in [1.165, 1.54) is 0 Å². The van der Waals surface area contributed by atoms with E-state index in [9.17, 15) is 0 Å². The van der Waals surface area contributed by atoms with Crippen molar-refractivity contribution in [2.45, 2.75) is 0 Å². The van der Waals surface area contributed by atoms with E-state index in [0.717, 1.165) is 56.6 Å². The van der Waals surface area contributed by atoms with Gasteiger partial charge in [-0.15, -0.1) is 0 Å². The van der Waals surface area contributed by atoms with Crippen LogP contribution in [0.1, 0.15) is 0 Å². The van der Waals surface area contributed by atoms with Crippen LogP contribution in [0.25, 0.3) is 0 Å².